The van der Waals surface area contributed by atoms with Gasteiger partial charge in [-0.1, -0.05) is 12.1 Å². The molecule has 1 fully saturated rings. The number of carbonyl (C=O) groups is 1. The normalized spacial score (nSPS) is 17.5. The van der Waals surface area contributed by atoms with Crippen molar-refractivity contribution in [2.24, 2.45) is 5.41 Å². The number of hydrogen-bond donors (Lipinski definition) is 1. The smallest absolute Gasteiger partial charge is 0.287 e. The van der Waals surface area contributed by atoms with Gasteiger partial charge in [0, 0.05) is 30.6 Å². The molecule has 1 amide bonds. The molecular weight excluding hydrogens is 285 g/mol. The Morgan fingerprint density at radius 2 is 2.14 bits per heavy atom. The van der Waals surface area contributed by atoms with E-state index in [2.05, 4.69) is 5.32 Å². The average molecular weight is 305 g/mol. The summed E-state index contributed by atoms with van der Waals surface area (Å²) in [6.07, 6.45) is 1.26. The number of ether oxygens (including phenoxy) is 1. The van der Waals surface area contributed by atoms with Gasteiger partial charge in [-0.25, -0.2) is 0 Å². The summed E-state index contributed by atoms with van der Waals surface area (Å²) >= 11 is 0. The zero-order valence-electron chi connectivity index (χ0n) is 12.7. The minimum absolute atomic E-state index is 0.269. The molecule has 118 valence electrons. The van der Waals surface area contributed by atoms with Crippen molar-refractivity contribution >= 4 is 16.9 Å². The highest BCUT2D eigenvalue weighted by Crippen LogP contribution is 2.30. The molecule has 0 spiro atoms. The molecule has 1 aliphatic rings. The van der Waals surface area contributed by atoms with Crippen LogP contribution in [0.1, 0.15) is 29.0 Å². The highest BCUT2D eigenvalue weighted by atomic mass is 19.1. The summed E-state index contributed by atoms with van der Waals surface area (Å²) in [6, 6.07) is 7.44. The maximum Gasteiger partial charge on any atom is 0.287 e. The highest BCUT2D eigenvalue weighted by molar-refractivity contribution is 5.96. The number of fused-ring (bicyclic) bond motifs is 1. The monoisotopic (exact) mass is 305 g/mol. The molecule has 0 radical (unpaired) electrons. The first-order valence-electron chi connectivity index (χ1n) is 7.55. The summed E-state index contributed by atoms with van der Waals surface area (Å²) in [5, 5.41) is 3.74. The number of halogens is 1. The Labute approximate surface area is 128 Å². The Morgan fingerprint density at radius 3 is 2.82 bits per heavy atom. The largest absolute Gasteiger partial charge is 0.451 e. The van der Waals surface area contributed by atoms with Crippen LogP contribution in [0.5, 0.6) is 0 Å². The minimum Gasteiger partial charge on any atom is -0.451 e. The van der Waals surface area contributed by atoms with E-state index in [4.69, 9.17) is 9.15 Å². The van der Waals surface area contributed by atoms with Gasteiger partial charge in [0.1, 0.15) is 5.58 Å². The second-order valence-electron chi connectivity index (χ2n) is 6.03. The highest BCUT2D eigenvalue weighted by Gasteiger charge is 2.33. The number of rotatable bonds is 4. The van der Waals surface area contributed by atoms with E-state index in [-0.39, 0.29) is 11.7 Å². The standard InChI is InChI=1S/C17H20FNO3/c1-12-3-2-4-14-13(12)9-15(22-14)16(20)19-11-17(10-18)5-7-21-8-6-17/h2-4,9H,5-8,10-11H2,1H3,(H,19,20). The molecule has 2 heterocycles. The van der Waals surface area contributed by atoms with Gasteiger partial charge in [-0.05, 0) is 37.5 Å². The van der Waals surface area contributed by atoms with Gasteiger partial charge in [0.25, 0.3) is 5.91 Å². The first-order valence-corrected chi connectivity index (χ1v) is 7.55. The average Bonchev–Trinajstić information content (AvgIpc) is 2.99. The lowest BCUT2D eigenvalue weighted by atomic mass is 9.81. The summed E-state index contributed by atoms with van der Waals surface area (Å²) in [5.74, 6) is -0.0275. The Bertz CT molecular complexity index is 674. The molecule has 2 aromatic rings. The number of amides is 1. The molecule has 22 heavy (non-hydrogen) atoms. The van der Waals surface area contributed by atoms with Gasteiger partial charge in [0.05, 0.1) is 6.67 Å². The second kappa shape index (κ2) is 6.08. The molecule has 5 heteroatoms. The number of hydrogen-bond acceptors (Lipinski definition) is 3. The van der Waals surface area contributed by atoms with Crippen molar-refractivity contribution < 1.29 is 18.3 Å². The summed E-state index contributed by atoms with van der Waals surface area (Å²) < 4.78 is 24.2. The number of alkyl halides is 1. The van der Waals surface area contributed by atoms with Crippen LogP contribution in [0.15, 0.2) is 28.7 Å². The Hall–Kier alpha value is -1.88. The van der Waals surface area contributed by atoms with Crippen molar-refractivity contribution in [2.45, 2.75) is 19.8 Å². The molecule has 0 atom stereocenters. The number of nitrogens with one attached hydrogen (secondary N) is 1. The van der Waals surface area contributed by atoms with Gasteiger partial charge in [-0.2, -0.15) is 0 Å². The van der Waals surface area contributed by atoms with Crippen LogP contribution < -0.4 is 5.32 Å². The zero-order valence-corrected chi connectivity index (χ0v) is 12.7. The first-order chi connectivity index (χ1) is 10.6. The molecule has 0 bridgehead atoms. The third kappa shape index (κ3) is 2.86. The van der Waals surface area contributed by atoms with Crippen LogP contribution in [-0.4, -0.2) is 32.3 Å². The third-order valence-electron chi connectivity index (χ3n) is 4.46. The molecule has 3 rings (SSSR count). The zero-order chi connectivity index (χ0) is 15.6. The fourth-order valence-electron chi connectivity index (χ4n) is 2.84. The Morgan fingerprint density at radius 1 is 1.36 bits per heavy atom. The number of carbonyl (C=O) groups excluding carboxylic acids is 1. The van der Waals surface area contributed by atoms with Gasteiger partial charge in [-0.15, -0.1) is 0 Å². The molecule has 0 aliphatic carbocycles. The van der Waals surface area contributed by atoms with E-state index in [0.717, 1.165) is 10.9 Å². The van der Waals surface area contributed by atoms with Gasteiger partial charge >= 0.3 is 0 Å². The van der Waals surface area contributed by atoms with E-state index in [1.54, 1.807) is 6.07 Å². The third-order valence-corrected chi connectivity index (χ3v) is 4.46. The summed E-state index contributed by atoms with van der Waals surface area (Å²) in [5.41, 5.74) is 1.25. The number of benzene rings is 1. The van der Waals surface area contributed by atoms with E-state index in [1.165, 1.54) is 0 Å². The van der Waals surface area contributed by atoms with Crippen LogP contribution in [0.3, 0.4) is 0 Å². The maximum absolute atomic E-state index is 13.4. The first kappa shape index (κ1) is 15.0. The van der Waals surface area contributed by atoms with Crippen LogP contribution in [0.25, 0.3) is 11.0 Å². The Balaban J connectivity index is 1.71. The minimum atomic E-state index is -0.504. The fourth-order valence-corrected chi connectivity index (χ4v) is 2.84. The van der Waals surface area contributed by atoms with Gasteiger partial charge in [0.2, 0.25) is 0 Å². The molecule has 0 saturated carbocycles. The van der Waals surface area contributed by atoms with Gasteiger partial charge < -0.3 is 14.5 Å². The predicted molar refractivity (Wildman–Crippen MR) is 81.7 cm³/mol. The van der Waals surface area contributed by atoms with Crippen molar-refractivity contribution in [3.05, 3.63) is 35.6 Å². The van der Waals surface area contributed by atoms with Crippen molar-refractivity contribution in [2.75, 3.05) is 26.4 Å². The van der Waals surface area contributed by atoms with E-state index >= 15 is 0 Å². The molecule has 1 saturated heterocycles. The lowest BCUT2D eigenvalue weighted by Crippen LogP contribution is -2.42. The lowest BCUT2D eigenvalue weighted by molar-refractivity contribution is 0.00249. The maximum atomic E-state index is 13.4. The molecule has 0 unspecified atom stereocenters. The van der Waals surface area contributed by atoms with E-state index in [9.17, 15) is 9.18 Å². The van der Waals surface area contributed by atoms with Crippen molar-refractivity contribution in [1.82, 2.24) is 5.32 Å². The lowest BCUT2D eigenvalue weighted by Gasteiger charge is -2.34. The van der Waals surface area contributed by atoms with Crippen LogP contribution >= 0.6 is 0 Å². The van der Waals surface area contributed by atoms with Crippen molar-refractivity contribution in [1.29, 1.82) is 0 Å². The number of aryl methyl sites for hydroxylation is 1. The molecule has 1 aromatic carbocycles. The topological polar surface area (TPSA) is 51.5 Å². The summed E-state index contributed by atoms with van der Waals surface area (Å²) in [4.78, 5) is 12.3. The van der Waals surface area contributed by atoms with Crippen LogP contribution in [0.2, 0.25) is 0 Å². The quantitative estimate of drug-likeness (QED) is 0.943. The van der Waals surface area contributed by atoms with Crippen molar-refractivity contribution in [3.63, 3.8) is 0 Å². The summed E-state index contributed by atoms with van der Waals surface area (Å²) in [6.45, 7) is 2.92. The molecule has 1 N–H and O–H groups in total. The van der Waals surface area contributed by atoms with Crippen LogP contribution in [0, 0.1) is 12.3 Å². The molecule has 1 aromatic heterocycles. The molecular formula is C17H20FNO3. The van der Waals surface area contributed by atoms with Gasteiger partial charge in [-0.3, -0.25) is 9.18 Å². The van der Waals surface area contributed by atoms with E-state index in [1.807, 2.05) is 25.1 Å². The molecule has 1 aliphatic heterocycles. The van der Waals surface area contributed by atoms with Crippen molar-refractivity contribution in [3.8, 4) is 0 Å². The Kier molecular flexibility index (Phi) is 4.16. The SMILES string of the molecule is Cc1cccc2oc(C(=O)NCC3(CF)CCOCC3)cc12. The van der Waals surface area contributed by atoms with Gasteiger partial charge in [0.15, 0.2) is 5.76 Å². The van der Waals surface area contributed by atoms with E-state index < -0.39 is 12.1 Å². The van der Waals surface area contributed by atoms with Crippen LogP contribution in [-0.2, 0) is 4.74 Å². The van der Waals surface area contributed by atoms with E-state index in [0.29, 0.717) is 38.2 Å². The number of furan rings is 1. The predicted octanol–water partition coefficient (Wildman–Crippen LogP) is 3.24. The molecule has 4 nitrogen and oxygen atoms in total. The summed E-state index contributed by atoms with van der Waals surface area (Å²) in [7, 11) is 0. The fraction of sp³-hybridized carbons (Fsp3) is 0.471. The second-order valence-corrected chi connectivity index (χ2v) is 6.03. The van der Waals surface area contributed by atoms with Crippen LogP contribution in [0.4, 0.5) is 4.39 Å².